The maximum absolute atomic E-state index is 12.5. The maximum Gasteiger partial charge on any atom is 0.282 e. The molecule has 0 bridgehead atoms. The number of carbonyl (C=O) groups excluding carboxylic acids is 1. The van der Waals surface area contributed by atoms with E-state index >= 15 is 0 Å². The molecule has 2 heterocycles. The largest absolute Gasteiger partial charge is 0.300 e. The van der Waals surface area contributed by atoms with E-state index in [0.717, 1.165) is 12.8 Å². The molecule has 0 amide bonds. The van der Waals surface area contributed by atoms with Gasteiger partial charge in [0.25, 0.3) is 10.2 Å². The molecular weight excluding hydrogens is 252 g/mol. The minimum atomic E-state index is -3.37. The molecule has 0 aromatic heterocycles. The topological polar surface area (TPSA) is 57.7 Å². The van der Waals surface area contributed by atoms with E-state index < -0.39 is 10.2 Å². The number of rotatable bonds is 2. The van der Waals surface area contributed by atoms with E-state index in [2.05, 4.69) is 6.92 Å². The lowest BCUT2D eigenvalue weighted by Gasteiger charge is -2.38. The molecule has 0 unspecified atom stereocenters. The minimum Gasteiger partial charge on any atom is -0.300 e. The molecular formula is C12H22N2O3S. The van der Waals surface area contributed by atoms with Crippen LogP contribution in [0.1, 0.15) is 39.5 Å². The maximum atomic E-state index is 12.5. The van der Waals surface area contributed by atoms with Gasteiger partial charge in [-0.25, -0.2) is 0 Å². The summed E-state index contributed by atoms with van der Waals surface area (Å²) >= 11 is 0. The summed E-state index contributed by atoms with van der Waals surface area (Å²) in [4.78, 5) is 11.3. The van der Waals surface area contributed by atoms with Crippen molar-refractivity contribution in [2.45, 2.75) is 45.6 Å². The second-order valence-corrected chi connectivity index (χ2v) is 7.42. The Bertz CT molecular complexity index is 413. The molecule has 104 valence electrons. The van der Waals surface area contributed by atoms with Crippen molar-refractivity contribution in [3.63, 3.8) is 0 Å². The summed E-state index contributed by atoms with van der Waals surface area (Å²) < 4.78 is 28.1. The molecule has 2 aliphatic heterocycles. The van der Waals surface area contributed by atoms with Crippen LogP contribution >= 0.6 is 0 Å². The number of hydrogen-bond donors (Lipinski definition) is 0. The monoisotopic (exact) mass is 274 g/mol. The Hall–Kier alpha value is -0.460. The number of ketones is 1. The van der Waals surface area contributed by atoms with Crippen molar-refractivity contribution in [1.82, 2.24) is 8.61 Å². The molecule has 2 fully saturated rings. The molecule has 0 radical (unpaired) electrons. The van der Waals surface area contributed by atoms with Crippen LogP contribution in [0.25, 0.3) is 0 Å². The summed E-state index contributed by atoms with van der Waals surface area (Å²) in [5.74, 6) is 0.776. The summed E-state index contributed by atoms with van der Waals surface area (Å²) in [5.41, 5.74) is 0. The second kappa shape index (κ2) is 5.27. The van der Waals surface area contributed by atoms with E-state index in [1.807, 2.05) is 6.92 Å². The Morgan fingerprint density at radius 3 is 2.28 bits per heavy atom. The van der Waals surface area contributed by atoms with Gasteiger partial charge in [0.1, 0.15) is 5.78 Å². The molecule has 18 heavy (non-hydrogen) atoms. The molecule has 0 N–H and O–H groups in total. The summed E-state index contributed by atoms with van der Waals surface area (Å²) in [6.45, 7) is 5.54. The van der Waals surface area contributed by atoms with Gasteiger partial charge in [-0.3, -0.25) is 4.79 Å². The zero-order valence-electron chi connectivity index (χ0n) is 11.1. The van der Waals surface area contributed by atoms with E-state index in [1.165, 1.54) is 4.31 Å². The third kappa shape index (κ3) is 2.75. The van der Waals surface area contributed by atoms with Gasteiger partial charge in [0.15, 0.2) is 0 Å². The van der Waals surface area contributed by atoms with Crippen molar-refractivity contribution in [3.05, 3.63) is 0 Å². The standard InChI is InChI=1S/C12H22N2O3S/c1-10-3-6-13(7-4-10)18(16,17)14-8-5-12(15)9-11(14)2/h10-11H,3-9H2,1-2H3/t11-/m0/s1. The van der Waals surface area contributed by atoms with Crippen molar-refractivity contribution < 1.29 is 13.2 Å². The number of carbonyl (C=O) groups is 1. The van der Waals surface area contributed by atoms with E-state index in [-0.39, 0.29) is 11.8 Å². The molecule has 0 aromatic carbocycles. The summed E-state index contributed by atoms with van der Waals surface area (Å²) in [6.07, 6.45) is 2.57. The Morgan fingerprint density at radius 1 is 1.11 bits per heavy atom. The second-order valence-electron chi connectivity index (χ2n) is 5.54. The van der Waals surface area contributed by atoms with Crippen molar-refractivity contribution in [3.8, 4) is 0 Å². The molecule has 0 spiro atoms. The molecule has 5 nitrogen and oxygen atoms in total. The fourth-order valence-electron chi connectivity index (χ4n) is 2.70. The van der Waals surface area contributed by atoms with Gasteiger partial charge in [-0.1, -0.05) is 6.92 Å². The minimum absolute atomic E-state index is 0.168. The SMILES string of the molecule is CC1CCN(S(=O)(=O)N2CCC(=O)C[C@@H]2C)CC1. The van der Waals surface area contributed by atoms with E-state index in [0.29, 0.717) is 38.4 Å². The predicted molar refractivity (Wildman–Crippen MR) is 69.3 cm³/mol. The predicted octanol–water partition coefficient (Wildman–Crippen LogP) is 1.02. The Morgan fingerprint density at radius 2 is 1.72 bits per heavy atom. The number of piperidine rings is 2. The van der Waals surface area contributed by atoms with Crippen molar-refractivity contribution >= 4 is 16.0 Å². The van der Waals surface area contributed by atoms with Crippen LogP contribution in [0.2, 0.25) is 0 Å². The highest BCUT2D eigenvalue weighted by atomic mass is 32.2. The molecule has 0 aromatic rings. The van der Waals surface area contributed by atoms with Gasteiger partial charge in [0.05, 0.1) is 0 Å². The van der Waals surface area contributed by atoms with Crippen LogP contribution in [0.3, 0.4) is 0 Å². The van der Waals surface area contributed by atoms with Crippen LogP contribution in [-0.2, 0) is 15.0 Å². The van der Waals surface area contributed by atoms with Crippen LogP contribution in [0, 0.1) is 5.92 Å². The van der Waals surface area contributed by atoms with E-state index in [1.54, 1.807) is 4.31 Å². The highest BCUT2D eigenvalue weighted by molar-refractivity contribution is 7.86. The van der Waals surface area contributed by atoms with E-state index in [4.69, 9.17) is 0 Å². The van der Waals surface area contributed by atoms with Gasteiger partial charge in [-0.2, -0.15) is 17.0 Å². The zero-order chi connectivity index (χ0) is 13.3. The van der Waals surface area contributed by atoms with Crippen molar-refractivity contribution in [2.75, 3.05) is 19.6 Å². The van der Waals surface area contributed by atoms with Gasteiger partial charge in [-0.05, 0) is 25.7 Å². The molecule has 6 heteroatoms. The van der Waals surface area contributed by atoms with Gasteiger partial charge >= 0.3 is 0 Å². The third-order valence-corrected chi connectivity index (χ3v) is 6.14. The average molecular weight is 274 g/mol. The highest BCUT2D eigenvalue weighted by Crippen LogP contribution is 2.25. The smallest absolute Gasteiger partial charge is 0.282 e. The summed E-state index contributed by atoms with van der Waals surface area (Å²) in [7, 11) is -3.37. The van der Waals surface area contributed by atoms with Crippen LogP contribution in [-0.4, -0.2) is 48.5 Å². The first-order valence-electron chi connectivity index (χ1n) is 6.70. The molecule has 2 rings (SSSR count). The van der Waals surface area contributed by atoms with Gasteiger partial charge in [0, 0.05) is 38.5 Å². The van der Waals surface area contributed by atoms with Crippen LogP contribution in [0.5, 0.6) is 0 Å². The van der Waals surface area contributed by atoms with Gasteiger partial charge in [0.2, 0.25) is 0 Å². The normalized spacial score (nSPS) is 29.7. The number of Topliss-reactive ketones (excluding diaryl/α,β-unsaturated/α-hetero) is 1. The quantitative estimate of drug-likeness (QED) is 0.755. The molecule has 0 saturated carbocycles. The van der Waals surface area contributed by atoms with Crippen LogP contribution in [0.15, 0.2) is 0 Å². The zero-order valence-corrected chi connectivity index (χ0v) is 11.9. The lowest BCUT2D eigenvalue weighted by atomic mass is 10.0. The van der Waals surface area contributed by atoms with Gasteiger partial charge < -0.3 is 0 Å². The Labute approximate surface area is 109 Å². The third-order valence-electron chi connectivity index (χ3n) is 3.99. The summed E-state index contributed by atoms with van der Waals surface area (Å²) in [5, 5.41) is 0. The summed E-state index contributed by atoms with van der Waals surface area (Å²) in [6, 6.07) is -0.199. The van der Waals surface area contributed by atoms with Crippen molar-refractivity contribution in [1.29, 1.82) is 0 Å². The van der Waals surface area contributed by atoms with Crippen LogP contribution < -0.4 is 0 Å². The first kappa shape index (κ1) is 14.0. The van der Waals surface area contributed by atoms with E-state index in [9.17, 15) is 13.2 Å². The lowest BCUT2D eigenvalue weighted by molar-refractivity contribution is -0.121. The molecule has 0 aliphatic carbocycles. The van der Waals surface area contributed by atoms with Crippen molar-refractivity contribution in [2.24, 2.45) is 5.92 Å². The highest BCUT2D eigenvalue weighted by Gasteiger charge is 2.37. The first-order valence-corrected chi connectivity index (χ1v) is 8.09. The first-order chi connectivity index (χ1) is 8.41. The average Bonchev–Trinajstić information content (AvgIpc) is 2.29. The lowest BCUT2D eigenvalue weighted by Crippen LogP contribution is -2.52. The van der Waals surface area contributed by atoms with Crippen LogP contribution in [0.4, 0.5) is 0 Å². The Balaban J connectivity index is 2.08. The Kier molecular flexibility index (Phi) is 4.08. The molecule has 2 saturated heterocycles. The fourth-order valence-corrected chi connectivity index (χ4v) is 4.52. The molecule has 1 atom stereocenters. The molecule has 2 aliphatic rings. The number of hydrogen-bond acceptors (Lipinski definition) is 3. The number of nitrogens with zero attached hydrogens (tertiary/aromatic N) is 2. The fraction of sp³-hybridized carbons (Fsp3) is 0.917. The van der Waals surface area contributed by atoms with Gasteiger partial charge in [-0.15, -0.1) is 0 Å².